The Morgan fingerprint density at radius 2 is 2.00 bits per heavy atom. The third-order valence-electron chi connectivity index (χ3n) is 3.14. The van der Waals surface area contributed by atoms with E-state index in [-0.39, 0.29) is 24.0 Å². The maximum atomic E-state index is 5.81. The number of nitrogens with two attached hydrogens (primary N) is 1. The number of nitrogens with zero attached hydrogens (tertiary/aromatic N) is 1. The average Bonchev–Trinajstić information content (AvgIpc) is 2.26. The van der Waals surface area contributed by atoms with Crippen LogP contribution < -0.4 is 11.1 Å². The molecule has 0 bridgehead atoms. The molecule has 2 rings (SSSR count). The summed E-state index contributed by atoms with van der Waals surface area (Å²) in [6, 6.07) is 8.13. The standard InChI is InChI=1S/C13H18BrN3.HI/c14-12-6-4-11(5-7-12)9-17-13(15)16-8-10-2-1-3-10;/h4-7,10H,1-3,8-9H2,(H3,15,16,17);1H. The highest BCUT2D eigenvalue weighted by molar-refractivity contribution is 14.0. The molecule has 1 aliphatic carbocycles. The molecule has 1 fully saturated rings. The van der Waals surface area contributed by atoms with Crippen LogP contribution in [-0.2, 0) is 6.54 Å². The molecule has 100 valence electrons. The summed E-state index contributed by atoms with van der Waals surface area (Å²) in [6.07, 6.45) is 4.02. The second-order valence-electron chi connectivity index (χ2n) is 4.51. The third-order valence-corrected chi connectivity index (χ3v) is 3.67. The first-order valence-electron chi connectivity index (χ1n) is 6.02. The highest BCUT2D eigenvalue weighted by Crippen LogP contribution is 2.24. The van der Waals surface area contributed by atoms with E-state index in [1.807, 2.05) is 24.3 Å². The van der Waals surface area contributed by atoms with Crippen LogP contribution >= 0.6 is 39.9 Å². The molecule has 1 aromatic rings. The van der Waals surface area contributed by atoms with Crippen molar-refractivity contribution in [2.24, 2.45) is 16.6 Å². The molecule has 18 heavy (non-hydrogen) atoms. The fourth-order valence-corrected chi connectivity index (χ4v) is 2.03. The van der Waals surface area contributed by atoms with Crippen molar-refractivity contribution in [2.75, 3.05) is 6.54 Å². The lowest BCUT2D eigenvalue weighted by atomic mass is 9.85. The van der Waals surface area contributed by atoms with Gasteiger partial charge in [0.2, 0.25) is 0 Å². The van der Waals surface area contributed by atoms with Gasteiger partial charge in [0.05, 0.1) is 6.54 Å². The first-order chi connectivity index (χ1) is 8.24. The molecule has 0 radical (unpaired) electrons. The minimum Gasteiger partial charge on any atom is -0.370 e. The molecule has 1 aliphatic rings. The van der Waals surface area contributed by atoms with Gasteiger partial charge in [-0.05, 0) is 36.5 Å². The molecule has 0 aliphatic heterocycles. The minimum absolute atomic E-state index is 0. The third kappa shape index (κ3) is 5.14. The number of rotatable bonds is 4. The van der Waals surface area contributed by atoms with E-state index in [4.69, 9.17) is 5.73 Å². The number of guanidine groups is 1. The molecule has 0 unspecified atom stereocenters. The van der Waals surface area contributed by atoms with Crippen LogP contribution in [0.3, 0.4) is 0 Å². The summed E-state index contributed by atoms with van der Waals surface area (Å²) in [5.41, 5.74) is 6.98. The number of halogens is 2. The Morgan fingerprint density at radius 3 is 2.56 bits per heavy atom. The fraction of sp³-hybridized carbons (Fsp3) is 0.462. The van der Waals surface area contributed by atoms with Crippen LogP contribution in [-0.4, -0.2) is 12.5 Å². The van der Waals surface area contributed by atoms with Crippen LogP contribution in [0.1, 0.15) is 24.8 Å². The minimum atomic E-state index is 0. The molecule has 0 spiro atoms. The zero-order valence-electron chi connectivity index (χ0n) is 10.2. The largest absolute Gasteiger partial charge is 0.370 e. The molecule has 0 aromatic heterocycles. The molecule has 3 N–H and O–H groups in total. The highest BCUT2D eigenvalue weighted by atomic mass is 127. The smallest absolute Gasteiger partial charge is 0.188 e. The van der Waals surface area contributed by atoms with Gasteiger partial charge in [0.25, 0.3) is 0 Å². The van der Waals surface area contributed by atoms with Crippen molar-refractivity contribution in [3.63, 3.8) is 0 Å². The van der Waals surface area contributed by atoms with Crippen LogP contribution in [0.15, 0.2) is 33.7 Å². The second kappa shape index (κ2) is 7.99. The van der Waals surface area contributed by atoms with Gasteiger partial charge in [-0.1, -0.05) is 34.5 Å². The van der Waals surface area contributed by atoms with Gasteiger partial charge in [-0.15, -0.1) is 24.0 Å². The number of hydrogen-bond acceptors (Lipinski definition) is 1. The summed E-state index contributed by atoms with van der Waals surface area (Å²) in [4.78, 5) is 4.32. The van der Waals surface area contributed by atoms with Crippen molar-refractivity contribution in [3.05, 3.63) is 34.3 Å². The number of nitrogens with one attached hydrogen (secondary N) is 1. The Bertz CT molecular complexity index is 388. The van der Waals surface area contributed by atoms with E-state index >= 15 is 0 Å². The van der Waals surface area contributed by atoms with Crippen LogP contribution in [0.25, 0.3) is 0 Å². The normalized spacial score (nSPS) is 15.7. The topological polar surface area (TPSA) is 50.4 Å². The van der Waals surface area contributed by atoms with E-state index < -0.39 is 0 Å². The van der Waals surface area contributed by atoms with Crippen molar-refractivity contribution < 1.29 is 0 Å². The highest BCUT2D eigenvalue weighted by Gasteiger charge is 2.16. The Hall–Kier alpha value is -0.300. The van der Waals surface area contributed by atoms with Crippen LogP contribution in [0.4, 0.5) is 0 Å². The number of hydrogen-bond donors (Lipinski definition) is 2. The van der Waals surface area contributed by atoms with Gasteiger partial charge in [-0.25, -0.2) is 4.99 Å². The van der Waals surface area contributed by atoms with Gasteiger partial charge in [0.15, 0.2) is 5.96 Å². The van der Waals surface area contributed by atoms with Crippen molar-refractivity contribution in [1.29, 1.82) is 0 Å². The van der Waals surface area contributed by atoms with E-state index in [1.54, 1.807) is 0 Å². The summed E-state index contributed by atoms with van der Waals surface area (Å²) in [7, 11) is 0. The van der Waals surface area contributed by atoms with Gasteiger partial charge < -0.3 is 11.1 Å². The van der Waals surface area contributed by atoms with E-state index in [0.29, 0.717) is 12.5 Å². The summed E-state index contributed by atoms with van der Waals surface area (Å²) in [6.45, 7) is 1.60. The van der Waals surface area contributed by atoms with Crippen molar-refractivity contribution in [2.45, 2.75) is 25.8 Å². The lowest BCUT2D eigenvalue weighted by Crippen LogP contribution is -2.37. The number of aliphatic imine (C=N–C) groups is 1. The summed E-state index contributed by atoms with van der Waals surface area (Å²) < 4.78 is 1.08. The van der Waals surface area contributed by atoms with Gasteiger partial charge in [-0.3, -0.25) is 0 Å². The van der Waals surface area contributed by atoms with Crippen LogP contribution in [0, 0.1) is 5.92 Å². The van der Waals surface area contributed by atoms with Gasteiger partial charge >= 0.3 is 0 Å². The van der Waals surface area contributed by atoms with Crippen LogP contribution in [0.2, 0.25) is 0 Å². The van der Waals surface area contributed by atoms with Crippen LogP contribution in [0.5, 0.6) is 0 Å². The molecule has 0 atom stereocenters. The first-order valence-corrected chi connectivity index (χ1v) is 6.81. The monoisotopic (exact) mass is 423 g/mol. The Morgan fingerprint density at radius 1 is 1.33 bits per heavy atom. The molecular weight excluding hydrogens is 405 g/mol. The maximum Gasteiger partial charge on any atom is 0.188 e. The Balaban J connectivity index is 0.00000162. The van der Waals surface area contributed by atoms with E-state index in [9.17, 15) is 0 Å². The molecule has 0 amide bonds. The van der Waals surface area contributed by atoms with Gasteiger partial charge in [-0.2, -0.15) is 0 Å². The zero-order chi connectivity index (χ0) is 12.1. The lowest BCUT2D eigenvalue weighted by molar-refractivity contribution is 0.315. The quantitative estimate of drug-likeness (QED) is 0.443. The van der Waals surface area contributed by atoms with Crippen molar-refractivity contribution in [1.82, 2.24) is 5.32 Å². The predicted octanol–water partition coefficient (Wildman–Crippen LogP) is 3.27. The van der Waals surface area contributed by atoms with E-state index in [1.165, 1.54) is 24.8 Å². The SMILES string of the molecule is I.NC(=NCc1ccc(Br)cc1)NCC1CCC1. The molecule has 0 saturated heterocycles. The average molecular weight is 424 g/mol. The fourth-order valence-electron chi connectivity index (χ4n) is 1.77. The van der Waals surface area contributed by atoms with Crippen molar-refractivity contribution in [3.8, 4) is 0 Å². The molecule has 1 aromatic carbocycles. The molecule has 1 saturated carbocycles. The Kier molecular flexibility index (Phi) is 6.99. The molecular formula is C13H19BrIN3. The Labute approximate surface area is 134 Å². The maximum absolute atomic E-state index is 5.81. The first kappa shape index (κ1) is 15.8. The van der Waals surface area contributed by atoms with E-state index in [2.05, 4.69) is 26.2 Å². The summed E-state index contributed by atoms with van der Waals surface area (Å²) >= 11 is 3.41. The zero-order valence-corrected chi connectivity index (χ0v) is 14.1. The van der Waals surface area contributed by atoms with Crippen molar-refractivity contribution >= 4 is 45.9 Å². The van der Waals surface area contributed by atoms with E-state index in [0.717, 1.165) is 16.9 Å². The summed E-state index contributed by atoms with van der Waals surface area (Å²) in [5, 5.41) is 3.18. The summed E-state index contributed by atoms with van der Waals surface area (Å²) in [5.74, 6) is 1.36. The molecule has 0 heterocycles. The number of benzene rings is 1. The second-order valence-corrected chi connectivity index (χ2v) is 5.42. The predicted molar refractivity (Wildman–Crippen MR) is 90.2 cm³/mol. The van der Waals surface area contributed by atoms with Gasteiger partial charge in [0, 0.05) is 11.0 Å². The molecule has 3 nitrogen and oxygen atoms in total. The van der Waals surface area contributed by atoms with Gasteiger partial charge in [0.1, 0.15) is 0 Å². The molecule has 5 heteroatoms. The lowest BCUT2D eigenvalue weighted by Gasteiger charge is -2.25.